The van der Waals surface area contributed by atoms with Crippen LogP contribution in [-0.4, -0.2) is 38.2 Å². The number of nitrogens with two attached hydrogens (primary N) is 1. The van der Waals surface area contributed by atoms with Gasteiger partial charge in [-0.05, 0) is 67.9 Å². The third-order valence-corrected chi connectivity index (χ3v) is 4.60. The van der Waals surface area contributed by atoms with Gasteiger partial charge in [0.15, 0.2) is 0 Å². The molecule has 0 amide bonds. The summed E-state index contributed by atoms with van der Waals surface area (Å²) in [4.78, 5) is 2.60. The van der Waals surface area contributed by atoms with Gasteiger partial charge in [0.2, 0.25) is 0 Å². The second-order valence-corrected chi connectivity index (χ2v) is 6.65. The Morgan fingerprint density at radius 1 is 1.29 bits per heavy atom. The molecule has 1 atom stereocenters. The van der Waals surface area contributed by atoms with E-state index in [1.807, 2.05) is 6.07 Å². The van der Waals surface area contributed by atoms with Gasteiger partial charge in [-0.2, -0.15) is 0 Å². The zero-order chi connectivity index (χ0) is 15.2. The van der Waals surface area contributed by atoms with E-state index in [4.69, 9.17) is 10.5 Å². The van der Waals surface area contributed by atoms with Gasteiger partial charge in [0.05, 0.1) is 7.11 Å². The van der Waals surface area contributed by atoms with Gasteiger partial charge >= 0.3 is 0 Å². The maximum atomic E-state index is 6.09. The lowest BCUT2D eigenvalue weighted by molar-refractivity contribution is 0.155. The predicted octanol–water partition coefficient (Wildman–Crippen LogP) is 3.11. The summed E-state index contributed by atoms with van der Waals surface area (Å²) in [6.45, 7) is 8.96. The number of rotatable bonds is 6. The SMILES string of the molecule is COc1cccc(C(CN)C2CCN(CC(C)C)CC2)c1. The molecule has 0 saturated carbocycles. The Morgan fingerprint density at radius 3 is 2.57 bits per heavy atom. The Hall–Kier alpha value is -1.06. The van der Waals surface area contributed by atoms with Crippen molar-refractivity contribution in [3.8, 4) is 5.75 Å². The van der Waals surface area contributed by atoms with Crippen LogP contribution in [0.4, 0.5) is 0 Å². The first-order valence-electron chi connectivity index (χ1n) is 8.20. The fraction of sp³-hybridized carbons (Fsp3) is 0.667. The molecule has 0 aromatic heterocycles. The lowest BCUT2D eigenvalue weighted by atomic mass is 9.80. The van der Waals surface area contributed by atoms with Gasteiger partial charge in [-0.15, -0.1) is 0 Å². The van der Waals surface area contributed by atoms with Crippen LogP contribution in [0.15, 0.2) is 24.3 Å². The van der Waals surface area contributed by atoms with Crippen LogP contribution in [0, 0.1) is 11.8 Å². The van der Waals surface area contributed by atoms with Crippen molar-refractivity contribution in [3.63, 3.8) is 0 Å². The average Bonchev–Trinajstić information content (AvgIpc) is 2.49. The largest absolute Gasteiger partial charge is 0.497 e. The molecular weight excluding hydrogens is 260 g/mol. The number of benzene rings is 1. The van der Waals surface area contributed by atoms with E-state index in [1.165, 1.54) is 38.0 Å². The number of hydrogen-bond acceptors (Lipinski definition) is 3. The molecule has 0 spiro atoms. The highest BCUT2D eigenvalue weighted by Crippen LogP contribution is 2.33. The fourth-order valence-electron chi connectivity index (χ4n) is 3.53. The van der Waals surface area contributed by atoms with Crippen molar-refractivity contribution in [2.45, 2.75) is 32.6 Å². The van der Waals surface area contributed by atoms with Crippen LogP contribution in [0.3, 0.4) is 0 Å². The van der Waals surface area contributed by atoms with Crippen LogP contribution < -0.4 is 10.5 Å². The summed E-state index contributed by atoms with van der Waals surface area (Å²) in [7, 11) is 1.72. The molecule has 0 aliphatic carbocycles. The molecule has 21 heavy (non-hydrogen) atoms. The summed E-state index contributed by atoms with van der Waals surface area (Å²) < 4.78 is 5.35. The van der Waals surface area contributed by atoms with Crippen molar-refractivity contribution in [1.82, 2.24) is 4.90 Å². The van der Waals surface area contributed by atoms with Crippen LogP contribution in [-0.2, 0) is 0 Å². The van der Waals surface area contributed by atoms with Gasteiger partial charge in [-0.3, -0.25) is 0 Å². The van der Waals surface area contributed by atoms with Crippen molar-refractivity contribution in [3.05, 3.63) is 29.8 Å². The van der Waals surface area contributed by atoms with Crippen LogP contribution in [0.25, 0.3) is 0 Å². The number of methoxy groups -OCH3 is 1. The summed E-state index contributed by atoms with van der Waals surface area (Å²) >= 11 is 0. The number of likely N-dealkylation sites (tertiary alicyclic amines) is 1. The van der Waals surface area contributed by atoms with Crippen molar-refractivity contribution >= 4 is 0 Å². The molecule has 0 radical (unpaired) electrons. The number of ether oxygens (including phenoxy) is 1. The Morgan fingerprint density at radius 2 is 2.00 bits per heavy atom. The van der Waals surface area contributed by atoms with Crippen LogP contribution in [0.5, 0.6) is 5.75 Å². The Labute approximate surface area is 129 Å². The minimum atomic E-state index is 0.460. The van der Waals surface area contributed by atoms with E-state index in [9.17, 15) is 0 Å². The van der Waals surface area contributed by atoms with Gasteiger partial charge < -0.3 is 15.4 Å². The molecule has 2 rings (SSSR count). The summed E-state index contributed by atoms with van der Waals surface area (Å²) in [5, 5.41) is 0. The monoisotopic (exact) mass is 290 g/mol. The van der Waals surface area contributed by atoms with Crippen LogP contribution >= 0.6 is 0 Å². The molecule has 0 bridgehead atoms. The Bertz CT molecular complexity index is 425. The number of hydrogen-bond donors (Lipinski definition) is 1. The van der Waals surface area contributed by atoms with E-state index < -0.39 is 0 Å². The van der Waals surface area contributed by atoms with Crippen LogP contribution in [0.1, 0.15) is 38.2 Å². The minimum absolute atomic E-state index is 0.460. The molecule has 1 aromatic carbocycles. The molecule has 1 aliphatic heterocycles. The first-order chi connectivity index (χ1) is 10.1. The average molecular weight is 290 g/mol. The lowest BCUT2D eigenvalue weighted by Crippen LogP contribution is -2.38. The standard InChI is InChI=1S/C18H30N2O/c1-14(2)13-20-9-7-15(8-10-20)18(12-19)16-5-4-6-17(11-16)21-3/h4-6,11,14-15,18H,7-10,12-13,19H2,1-3H3. The molecule has 3 nitrogen and oxygen atoms in total. The molecule has 1 aromatic rings. The van der Waals surface area contributed by atoms with Gasteiger partial charge in [-0.1, -0.05) is 26.0 Å². The molecule has 1 saturated heterocycles. The fourth-order valence-corrected chi connectivity index (χ4v) is 3.53. The maximum Gasteiger partial charge on any atom is 0.119 e. The van der Waals surface area contributed by atoms with Gasteiger partial charge in [0, 0.05) is 6.54 Å². The van der Waals surface area contributed by atoms with E-state index in [-0.39, 0.29) is 0 Å². The second-order valence-electron chi connectivity index (χ2n) is 6.65. The van der Waals surface area contributed by atoms with Crippen molar-refractivity contribution in [2.75, 3.05) is 33.3 Å². The molecule has 2 N–H and O–H groups in total. The summed E-state index contributed by atoms with van der Waals surface area (Å²) in [5.41, 5.74) is 7.42. The van der Waals surface area contributed by atoms with Crippen molar-refractivity contribution in [2.24, 2.45) is 17.6 Å². The second kappa shape index (κ2) is 7.81. The molecule has 1 heterocycles. The van der Waals surface area contributed by atoms with Gasteiger partial charge in [0.1, 0.15) is 5.75 Å². The normalized spacial score (nSPS) is 18.9. The zero-order valence-corrected chi connectivity index (χ0v) is 13.7. The number of piperidine rings is 1. The zero-order valence-electron chi connectivity index (χ0n) is 13.7. The van der Waals surface area contributed by atoms with E-state index in [2.05, 4.69) is 36.9 Å². The molecular formula is C18H30N2O. The summed E-state index contributed by atoms with van der Waals surface area (Å²) in [5.74, 6) is 2.85. The highest BCUT2D eigenvalue weighted by molar-refractivity contribution is 5.31. The summed E-state index contributed by atoms with van der Waals surface area (Å²) in [6, 6.07) is 8.42. The summed E-state index contributed by atoms with van der Waals surface area (Å²) in [6.07, 6.45) is 2.51. The molecule has 1 fully saturated rings. The van der Waals surface area contributed by atoms with Crippen molar-refractivity contribution in [1.29, 1.82) is 0 Å². The van der Waals surface area contributed by atoms with E-state index in [0.717, 1.165) is 18.2 Å². The smallest absolute Gasteiger partial charge is 0.119 e. The van der Waals surface area contributed by atoms with E-state index in [1.54, 1.807) is 7.11 Å². The van der Waals surface area contributed by atoms with Crippen molar-refractivity contribution < 1.29 is 4.74 Å². The predicted molar refractivity (Wildman–Crippen MR) is 88.8 cm³/mol. The minimum Gasteiger partial charge on any atom is -0.497 e. The number of nitrogens with zero attached hydrogens (tertiary/aromatic N) is 1. The Balaban J connectivity index is 1.99. The third kappa shape index (κ3) is 4.45. The topological polar surface area (TPSA) is 38.5 Å². The quantitative estimate of drug-likeness (QED) is 0.875. The maximum absolute atomic E-state index is 6.09. The van der Waals surface area contributed by atoms with E-state index in [0.29, 0.717) is 11.8 Å². The highest BCUT2D eigenvalue weighted by atomic mass is 16.5. The molecule has 1 aliphatic rings. The Kier molecular flexibility index (Phi) is 6.07. The highest BCUT2D eigenvalue weighted by Gasteiger charge is 2.27. The molecule has 118 valence electrons. The van der Waals surface area contributed by atoms with Gasteiger partial charge in [0.25, 0.3) is 0 Å². The first-order valence-corrected chi connectivity index (χ1v) is 8.20. The first kappa shape index (κ1) is 16.3. The van der Waals surface area contributed by atoms with Gasteiger partial charge in [-0.25, -0.2) is 0 Å². The lowest BCUT2D eigenvalue weighted by Gasteiger charge is -2.36. The molecule has 3 heteroatoms. The molecule has 1 unspecified atom stereocenters. The van der Waals surface area contributed by atoms with Crippen LogP contribution in [0.2, 0.25) is 0 Å². The van der Waals surface area contributed by atoms with E-state index >= 15 is 0 Å². The third-order valence-electron chi connectivity index (χ3n) is 4.60.